The fourth-order valence-corrected chi connectivity index (χ4v) is 5.76. The zero-order chi connectivity index (χ0) is 20.3. The first-order valence-electron chi connectivity index (χ1n) is 8.58. The Labute approximate surface area is 168 Å². The SMILES string of the molecule is COc1ccc(C(=O)Nc2cc(S(=O)(=O)N3CCOCC3)sc2C)c(OC)c1. The number of morpholine rings is 1. The first kappa shape index (κ1) is 20.6. The van der Waals surface area contributed by atoms with Crippen LogP contribution in [0.5, 0.6) is 11.5 Å². The summed E-state index contributed by atoms with van der Waals surface area (Å²) < 4.78 is 42.8. The maximum absolute atomic E-state index is 12.8. The van der Waals surface area contributed by atoms with Gasteiger partial charge in [-0.3, -0.25) is 4.79 Å². The van der Waals surface area contributed by atoms with Crippen molar-refractivity contribution in [2.75, 3.05) is 45.8 Å². The van der Waals surface area contributed by atoms with Crippen LogP contribution in [0, 0.1) is 6.92 Å². The van der Waals surface area contributed by atoms with E-state index >= 15 is 0 Å². The predicted octanol–water partition coefficient (Wildman–Crippen LogP) is 2.35. The number of sulfonamides is 1. The summed E-state index contributed by atoms with van der Waals surface area (Å²) in [5.74, 6) is 0.542. The molecule has 2 heterocycles. The molecule has 152 valence electrons. The van der Waals surface area contributed by atoms with Gasteiger partial charge in [-0.15, -0.1) is 11.3 Å². The fraction of sp³-hybridized carbons (Fsp3) is 0.389. The van der Waals surface area contributed by atoms with Crippen molar-refractivity contribution < 1.29 is 27.4 Å². The number of hydrogen-bond donors (Lipinski definition) is 1. The van der Waals surface area contributed by atoms with Crippen LogP contribution >= 0.6 is 11.3 Å². The number of nitrogens with one attached hydrogen (secondary N) is 1. The number of benzene rings is 1. The number of ether oxygens (including phenoxy) is 3. The van der Waals surface area contributed by atoms with Crippen LogP contribution < -0.4 is 14.8 Å². The zero-order valence-corrected chi connectivity index (χ0v) is 17.5. The molecular weight excluding hydrogens is 404 g/mol. The average Bonchev–Trinajstić information content (AvgIpc) is 3.09. The second kappa shape index (κ2) is 8.48. The number of carbonyl (C=O) groups is 1. The minimum atomic E-state index is -3.61. The molecule has 1 aliphatic heterocycles. The van der Waals surface area contributed by atoms with Crippen LogP contribution in [-0.4, -0.2) is 59.2 Å². The monoisotopic (exact) mass is 426 g/mol. The molecule has 0 spiro atoms. The molecule has 0 bridgehead atoms. The lowest BCUT2D eigenvalue weighted by Gasteiger charge is -2.25. The van der Waals surface area contributed by atoms with Gasteiger partial charge in [0.05, 0.1) is 38.7 Å². The quantitative estimate of drug-likeness (QED) is 0.762. The third-order valence-corrected chi connectivity index (χ3v) is 7.76. The van der Waals surface area contributed by atoms with Gasteiger partial charge in [-0.25, -0.2) is 8.42 Å². The third kappa shape index (κ3) is 4.14. The lowest BCUT2D eigenvalue weighted by Crippen LogP contribution is -2.40. The molecular formula is C18H22N2O6S2. The highest BCUT2D eigenvalue weighted by Gasteiger charge is 2.29. The van der Waals surface area contributed by atoms with Gasteiger partial charge in [-0.2, -0.15) is 4.31 Å². The second-order valence-corrected chi connectivity index (χ2v) is 9.49. The molecule has 1 saturated heterocycles. The van der Waals surface area contributed by atoms with Crippen LogP contribution in [0.2, 0.25) is 0 Å². The molecule has 1 amide bonds. The van der Waals surface area contributed by atoms with Gasteiger partial charge in [0.1, 0.15) is 15.7 Å². The normalized spacial score (nSPS) is 15.2. The third-order valence-electron chi connectivity index (χ3n) is 4.36. The number of nitrogens with zero attached hydrogens (tertiary/aromatic N) is 1. The van der Waals surface area contributed by atoms with E-state index in [0.29, 0.717) is 53.9 Å². The molecule has 0 atom stereocenters. The number of hydrogen-bond acceptors (Lipinski definition) is 7. The topological polar surface area (TPSA) is 94.2 Å². The van der Waals surface area contributed by atoms with E-state index in [1.54, 1.807) is 25.1 Å². The van der Waals surface area contributed by atoms with Gasteiger partial charge < -0.3 is 19.5 Å². The molecule has 1 aliphatic rings. The van der Waals surface area contributed by atoms with E-state index in [2.05, 4.69) is 5.32 Å². The van der Waals surface area contributed by atoms with Crippen molar-refractivity contribution in [3.05, 3.63) is 34.7 Å². The van der Waals surface area contributed by atoms with E-state index in [1.165, 1.54) is 24.6 Å². The Kier molecular flexibility index (Phi) is 6.23. The van der Waals surface area contributed by atoms with Crippen LogP contribution in [-0.2, 0) is 14.8 Å². The van der Waals surface area contributed by atoms with Gasteiger partial charge in [0.2, 0.25) is 0 Å². The van der Waals surface area contributed by atoms with Crippen molar-refractivity contribution in [2.45, 2.75) is 11.1 Å². The molecule has 1 fully saturated rings. The van der Waals surface area contributed by atoms with Crippen molar-refractivity contribution in [2.24, 2.45) is 0 Å². The molecule has 0 unspecified atom stereocenters. The summed E-state index contributed by atoms with van der Waals surface area (Å²) in [6.45, 7) is 3.17. The number of anilines is 1. The number of methoxy groups -OCH3 is 2. The fourth-order valence-electron chi connectivity index (χ4n) is 2.80. The van der Waals surface area contributed by atoms with E-state index in [1.807, 2.05) is 0 Å². The first-order chi connectivity index (χ1) is 13.4. The summed E-state index contributed by atoms with van der Waals surface area (Å²) in [5, 5.41) is 2.78. The highest BCUT2D eigenvalue weighted by Crippen LogP contribution is 2.33. The number of amides is 1. The maximum Gasteiger partial charge on any atom is 0.259 e. The van der Waals surface area contributed by atoms with Crippen molar-refractivity contribution in [1.82, 2.24) is 4.31 Å². The van der Waals surface area contributed by atoms with Gasteiger partial charge in [0, 0.05) is 24.0 Å². The van der Waals surface area contributed by atoms with E-state index < -0.39 is 15.9 Å². The Morgan fingerprint density at radius 2 is 1.89 bits per heavy atom. The van der Waals surface area contributed by atoms with Crippen LogP contribution in [0.15, 0.2) is 28.5 Å². The van der Waals surface area contributed by atoms with E-state index in [0.717, 1.165) is 11.3 Å². The van der Waals surface area contributed by atoms with Gasteiger partial charge in [0.25, 0.3) is 15.9 Å². The van der Waals surface area contributed by atoms with Crippen LogP contribution in [0.3, 0.4) is 0 Å². The van der Waals surface area contributed by atoms with Crippen molar-refractivity contribution >= 4 is 33.0 Å². The van der Waals surface area contributed by atoms with Crippen LogP contribution in [0.4, 0.5) is 5.69 Å². The summed E-state index contributed by atoms with van der Waals surface area (Å²) in [7, 11) is -0.613. The molecule has 0 radical (unpaired) electrons. The lowest BCUT2D eigenvalue weighted by molar-refractivity contribution is 0.0731. The first-order valence-corrected chi connectivity index (χ1v) is 10.8. The van der Waals surface area contributed by atoms with Gasteiger partial charge in [-0.1, -0.05) is 0 Å². The number of aryl methyl sites for hydroxylation is 1. The molecule has 8 nitrogen and oxygen atoms in total. The van der Waals surface area contributed by atoms with E-state index in [4.69, 9.17) is 14.2 Å². The molecule has 0 aliphatic carbocycles. The molecule has 0 saturated carbocycles. The Morgan fingerprint density at radius 3 is 2.54 bits per heavy atom. The lowest BCUT2D eigenvalue weighted by atomic mass is 10.1. The van der Waals surface area contributed by atoms with Crippen molar-refractivity contribution in [3.8, 4) is 11.5 Å². The van der Waals surface area contributed by atoms with Gasteiger partial charge in [-0.05, 0) is 25.1 Å². The Morgan fingerprint density at radius 1 is 1.18 bits per heavy atom. The van der Waals surface area contributed by atoms with E-state index in [9.17, 15) is 13.2 Å². The van der Waals surface area contributed by atoms with Gasteiger partial charge >= 0.3 is 0 Å². The number of carbonyl (C=O) groups excluding carboxylic acids is 1. The largest absolute Gasteiger partial charge is 0.497 e. The van der Waals surface area contributed by atoms with Crippen LogP contribution in [0.25, 0.3) is 0 Å². The maximum atomic E-state index is 12.8. The molecule has 10 heteroatoms. The van der Waals surface area contributed by atoms with Gasteiger partial charge in [0.15, 0.2) is 0 Å². The molecule has 3 rings (SSSR count). The van der Waals surface area contributed by atoms with Crippen LogP contribution in [0.1, 0.15) is 15.2 Å². The molecule has 1 N–H and O–H groups in total. The van der Waals surface area contributed by atoms with Crippen molar-refractivity contribution in [1.29, 1.82) is 0 Å². The Hall–Kier alpha value is -2.14. The summed E-state index contributed by atoms with van der Waals surface area (Å²) >= 11 is 1.13. The zero-order valence-electron chi connectivity index (χ0n) is 15.9. The molecule has 1 aromatic carbocycles. The average molecular weight is 427 g/mol. The highest BCUT2D eigenvalue weighted by molar-refractivity contribution is 7.91. The Bertz CT molecular complexity index is 964. The minimum absolute atomic E-state index is 0.198. The molecule has 28 heavy (non-hydrogen) atoms. The second-order valence-electron chi connectivity index (χ2n) is 6.07. The summed E-state index contributed by atoms with van der Waals surface area (Å²) in [6.07, 6.45) is 0. The standard InChI is InChI=1S/C18H22N2O6S2/c1-12-15(11-17(27-12)28(22,23)20-6-8-26-9-7-20)19-18(21)14-5-4-13(24-2)10-16(14)25-3/h4-5,10-11H,6-9H2,1-3H3,(H,19,21). The highest BCUT2D eigenvalue weighted by atomic mass is 32.2. The summed E-state index contributed by atoms with van der Waals surface area (Å²) in [6, 6.07) is 6.37. The summed E-state index contributed by atoms with van der Waals surface area (Å²) in [4.78, 5) is 13.4. The predicted molar refractivity (Wildman–Crippen MR) is 106 cm³/mol. The van der Waals surface area contributed by atoms with E-state index in [-0.39, 0.29) is 4.21 Å². The molecule has 1 aromatic heterocycles. The Balaban J connectivity index is 1.83. The summed E-state index contributed by atoms with van der Waals surface area (Å²) in [5.41, 5.74) is 0.784. The number of thiophene rings is 1. The smallest absolute Gasteiger partial charge is 0.259 e. The number of rotatable bonds is 6. The molecule has 2 aromatic rings. The van der Waals surface area contributed by atoms with Crippen molar-refractivity contribution in [3.63, 3.8) is 0 Å². The minimum Gasteiger partial charge on any atom is -0.497 e.